The molecule has 1 aliphatic heterocycles. The predicted octanol–water partition coefficient (Wildman–Crippen LogP) is 2.73. The highest BCUT2D eigenvalue weighted by molar-refractivity contribution is 5.73. The highest BCUT2D eigenvalue weighted by Crippen LogP contribution is 2.20. The minimum atomic E-state index is 0.122. The first-order chi connectivity index (χ1) is 13.5. The lowest BCUT2D eigenvalue weighted by atomic mass is 10.1. The number of rotatable bonds is 7. The maximum atomic E-state index is 12.3. The smallest absolute Gasteiger partial charge is 0.219 e. The molecule has 0 radical (unpaired) electrons. The maximum absolute atomic E-state index is 12.3. The summed E-state index contributed by atoms with van der Waals surface area (Å²) in [6, 6.07) is 0.270. The van der Waals surface area contributed by atoms with E-state index in [0.717, 1.165) is 51.0 Å². The van der Waals surface area contributed by atoms with E-state index in [9.17, 15) is 4.79 Å². The molecule has 0 bridgehead atoms. The fraction of sp³-hybridized carbons (Fsp3) is 0.619. The minimum Gasteiger partial charge on any atom is -0.335 e. The molecule has 2 aromatic heterocycles. The van der Waals surface area contributed by atoms with E-state index >= 15 is 0 Å². The van der Waals surface area contributed by atoms with E-state index in [0.29, 0.717) is 12.5 Å². The highest BCUT2D eigenvalue weighted by Gasteiger charge is 2.25. The summed E-state index contributed by atoms with van der Waals surface area (Å²) < 4.78 is 2.04. The molecule has 1 fully saturated rings. The highest BCUT2D eigenvalue weighted by atomic mass is 16.2. The third-order valence-electron chi connectivity index (χ3n) is 5.25. The largest absolute Gasteiger partial charge is 0.335 e. The Labute approximate surface area is 167 Å². The molecule has 7 heteroatoms. The molecule has 0 spiro atoms. The van der Waals surface area contributed by atoms with E-state index in [1.807, 2.05) is 15.8 Å². The summed E-state index contributed by atoms with van der Waals surface area (Å²) in [5, 5.41) is 4.48. The van der Waals surface area contributed by atoms with Crippen LogP contribution in [0.25, 0.3) is 0 Å². The van der Waals surface area contributed by atoms with Crippen molar-refractivity contribution in [3.8, 4) is 0 Å². The fourth-order valence-electron chi connectivity index (χ4n) is 3.93. The van der Waals surface area contributed by atoms with Crippen LogP contribution >= 0.6 is 0 Å². The van der Waals surface area contributed by atoms with Crippen LogP contribution in [0.5, 0.6) is 0 Å². The van der Waals surface area contributed by atoms with Crippen LogP contribution in [0.15, 0.2) is 31.1 Å². The van der Waals surface area contributed by atoms with E-state index in [1.54, 1.807) is 19.3 Å². The van der Waals surface area contributed by atoms with Crippen LogP contribution in [0.4, 0.5) is 0 Å². The van der Waals surface area contributed by atoms with Gasteiger partial charge in [0, 0.05) is 68.9 Å². The Bertz CT molecular complexity index is 744. The zero-order valence-corrected chi connectivity index (χ0v) is 17.3. The molecule has 28 heavy (non-hydrogen) atoms. The second kappa shape index (κ2) is 9.78. The predicted molar refractivity (Wildman–Crippen MR) is 108 cm³/mol. The number of carbonyl (C=O) groups is 1. The molecule has 0 aliphatic carbocycles. The minimum absolute atomic E-state index is 0.122. The summed E-state index contributed by atoms with van der Waals surface area (Å²) in [4.78, 5) is 24.9. The molecule has 1 saturated heterocycles. The van der Waals surface area contributed by atoms with Crippen molar-refractivity contribution in [3.63, 3.8) is 0 Å². The molecule has 0 aromatic carbocycles. The van der Waals surface area contributed by atoms with Crippen molar-refractivity contribution in [1.29, 1.82) is 0 Å². The number of hydrogen-bond donors (Lipinski definition) is 0. The average Bonchev–Trinajstić information content (AvgIpc) is 2.95. The number of amides is 1. The molecule has 1 atom stereocenters. The van der Waals surface area contributed by atoms with Crippen molar-refractivity contribution in [2.75, 3.05) is 13.1 Å². The number of nitrogens with zero attached hydrogens (tertiary/aromatic N) is 6. The van der Waals surface area contributed by atoms with Crippen molar-refractivity contribution in [3.05, 3.63) is 42.2 Å². The van der Waals surface area contributed by atoms with Crippen LogP contribution in [0, 0.1) is 5.92 Å². The Kier molecular flexibility index (Phi) is 7.14. The maximum Gasteiger partial charge on any atom is 0.219 e. The zero-order valence-electron chi connectivity index (χ0n) is 17.3. The lowest BCUT2D eigenvalue weighted by Gasteiger charge is -2.30. The molecule has 3 rings (SSSR count). The number of hydrogen-bond acceptors (Lipinski definition) is 5. The van der Waals surface area contributed by atoms with Gasteiger partial charge in [0.15, 0.2) is 0 Å². The molecule has 7 nitrogen and oxygen atoms in total. The van der Waals surface area contributed by atoms with Gasteiger partial charge >= 0.3 is 0 Å². The molecule has 2 aromatic rings. The van der Waals surface area contributed by atoms with Crippen LogP contribution < -0.4 is 0 Å². The van der Waals surface area contributed by atoms with Gasteiger partial charge in [-0.3, -0.25) is 14.4 Å². The van der Waals surface area contributed by atoms with Gasteiger partial charge in [0.1, 0.15) is 6.33 Å². The molecular formula is C21H32N6O. The van der Waals surface area contributed by atoms with Crippen molar-refractivity contribution in [2.45, 2.75) is 65.7 Å². The molecule has 1 amide bonds. The second-order valence-corrected chi connectivity index (χ2v) is 8.22. The van der Waals surface area contributed by atoms with Crippen LogP contribution in [-0.4, -0.2) is 54.6 Å². The summed E-state index contributed by atoms with van der Waals surface area (Å²) in [5.74, 6) is 0.719. The lowest BCUT2D eigenvalue weighted by Crippen LogP contribution is -2.39. The van der Waals surface area contributed by atoms with Crippen molar-refractivity contribution in [2.24, 2.45) is 5.92 Å². The first kappa shape index (κ1) is 20.5. The van der Waals surface area contributed by atoms with Gasteiger partial charge in [-0.1, -0.05) is 13.8 Å². The molecule has 0 unspecified atom stereocenters. The van der Waals surface area contributed by atoms with E-state index in [2.05, 4.69) is 40.0 Å². The molecule has 3 heterocycles. The van der Waals surface area contributed by atoms with Crippen LogP contribution in [0.1, 0.15) is 51.2 Å². The van der Waals surface area contributed by atoms with Gasteiger partial charge in [-0.2, -0.15) is 5.10 Å². The summed E-state index contributed by atoms with van der Waals surface area (Å²) in [6.07, 6.45) is 12.4. The first-order valence-electron chi connectivity index (χ1n) is 10.3. The number of likely N-dealkylation sites (tertiary alicyclic amines) is 1. The summed E-state index contributed by atoms with van der Waals surface area (Å²) in [5.41, 5.74) is 2.25. The topological polar surface area (TPSA) is 67.2 Å². The number of carbonyl (C=O) groups excluding carboxylic acids is 1. The Hall–Kier alpha value is -2.28. The normalized spacial score (nSPS) is 18.2. The van der Waals surface area contributed by atoms with Gasteiger partial charge in [0.25, 0.3) is 0 Å². The van der Waals surface area contributed by atoms with Gasteiger partial charge in [0.05, 0.1) is 6.20 Å². The van der Waals surface area contributed by atoms with E-state index in [1.165, 1.54) is 11.9 Å². The summed E-state index contributed by atoms with van der Waals surface area (Å²) in [7, 11) is 0. The third-order valence-corrected chi connectivity index (χ3v) is 5.25. The standard InChI is InChI=1S/C21H32N6O/c1-17(2)12-26-14-20(11-24-26)13-25-7-4-5-21(6-8-25)27(18(3)28)15-19-9-22-16-23-10-19/h9-11,14,16-17,21H,4-8,12-13,15H2,1-3H3/t21-/m0/s1. The van der Waals surface area contributed by atoms with Gasteiger partial charge in [-0.05, 0) is 31.7 Å². The quantitative estimate of drug-likeness (QED) is 0.734. The lowest BCUT2D eigenvalue weighted by molar-refractivity contribution is -0.132. The van der Waals surface area contributed by atoms with Crippen LogP contribution in [0.3, 0.4) is 0 Å². The van der Waals surface area contributed by atoms with E-state index < -0.39 is 0 Å². The van der Waals surface area contributed by atoms with Crippen LogP contribution in [-0.2, 0) is 24.4 Å². The van der Waals surface area contributed by atoms with Gasteiger partial charge in [-0.25, -0.2) is 9.97 Å². The Balaban J connectivity index is 1.57. The molecule has 0 saturated carbocycles. The first-order valence-corrected chi connectivity index (χ1v) is 10.3. The van der Waals surface area contributed by atoms with E-state index in [-0.39, 0.29) is 11.9 Å². The van der Waals surface area contributed by atoms with E-state index in [4.69, 9.17) is 0 Å². The SMILES string of the molecule is CC(=O)N(Cc1cncnc1)[C@H]1CCCN(Cc2cnn(CC(C)C)c2)CC1. The zero-order chi connectivity index (χ0) is 19.9. The number of aromatic nitrogens is 4. The van der Waals surface area contributed by atoms with Crippen molar-refractivity contribution < 1.29 is 4.79 Å². The fourth-order valence-corrected chi connectivity index (χ4v) is 3.93. The molecule has 152 valence electrons. The summed E-state index contributed by atoms with van der Waals surface area (Å²) >= 11 is 0. The van der Waals surface area contributed by atoms with Crippen LogP contribution in [0.2, 0.25) is 0 Å². The average molecular weight is 385 g/mol. The third kappa shape index (κ3) is 5.86. The van der Waals surface area contributed by atoms with Crippen molar-refractivity contribution in [1.82, 2.24) is 29.5 Å². The van der Waals surface area contributed by atoms with Gasteiger partial charge < -0.3 is 4.90 Å². The molecule has 1 aliphatic rings. The summed E-state index contributed by atoms with van der Waals surface area (Å²) in [6.45, 7) is 10.6. The molecule has 0 N–H and O–H groups in total. The van der Waals surface area contributed by atoms with Gasteiger partial charge in [-0.15, -0.1) is 0 Å². The Morgan fingerprint density at radius 2 is 1.96 bits per heavy atom. The van der Waals surface area contributed by atoms with Gasteiger partial charge in [0.2, 0.25) is 5.91 Å². The molecular weight excluding hydrogens is 352 g/mol. The van der Waals surface area contributed by atoms with Crippen molar-refractivity contribution >= 4 is 5.91 Å². The Morgan fingerprint density at radius 1 is 1.18 bits per heavy atom. The monoisotopic (exact) mass is 384 g/mol. The Morgan fingerprint density at radius 3 is 2.68 bits per heavy atom. The second-order valence-electron chi connectivity index (χ2n) is 8.22.